The van der Waals surface area contributed by atoms with Gasteiger partial charge in [0.15, 0.2) is 5.65 Å². The molecule has 0 radical (unpaired) electrons. The third-order valence-corrected chi connectivity index (χ3v) is 4.73. The summed E-state index contributed by atoms with van der Waals surface area (Å²) in [4.78, 5) is 38.1. The number of carbonyl (C=O) groups is 2. The number of carbonyl (C=O) groups excluding carboxylic acids is 2. The highest BCUT2D eigenvalue weighted by atomic mass is 19.1. The molecule has 0 saturated heterocycles. The number of rotatable bonds is 4. The molecule has 33 heavy (non-hydrogen) atoms. The molecule has 11 heteroatoms. The summed E-state index contributed by atoms with van der Waals surface area (Å²) in [5.74, 6) is -0.819. The maximum Gasteiger partial charge on any atom is 0.415 e. The van der Waals surface area contributed by atoms with E-state index in [4.69, 9.17) is 9.47 Å². The van der Waals surface area contributed by atoms with Crippen LogP contribution >= 0.6 is 0 Å². The van der Waals surface area contributed by atoms with Gasteiger partial charge >= 0.3 is 12.1 Å². The van der Waals surface area contributed by atoms with Crippen molar-refractivity contribution >= 4 is 34.6 Å². The predicted molar refractivity (Wildman–Crippen MR) is 119 cm³/mol. The monoisotopic (exact) mass is 454 g/mol. The number of halogens is 1. The molecule has 0 aliphatic heterocycles. The standard InChI is InChI=1S/C22H23FN6O4/c1-6-32-20(30)15-11-26-29-17(28(5)21(31)33-22(2,3)4)8-16(27-19(15)29)14-10-25-18-13(14)7-12(23)9-24-18/h7-11H,6H2,1-5H3,(H,24,25). The van der Waals surface area contributed by atoms with Crippen LogP contribution in [0.5, 0.6) is 0 Å². The Kier molecular flexibility index (Phi) is 5.48. The van der Waals surface area contributed by atoms with Gasteiger partial charge in [0, 0.05) is 30.3 Å². The number of pyridine rings is 1. The lowest BCUT2D eigenvalue weighted by Crippen LogP contribution is -2.35. The Balaban J connectivity index is 1.93. The van der Waals surface area contributed by atoms with Gasteiger partial charge in [-0.05, 0) is 33.8 Å². The summed E-state index contributed by atoms with van der Waals surface area (Å²) in [5.41, 5.74) is 0.957. The van der Waals surface area contributed by atoms with Crippen LogP contribution in [0.15, 0.2) is 30.7 Å². The summed E-state index contributed by atoms with van der Waals surface area (Å²) in [6.45, 7) is 7.14. The molecule has 0 aromatic carbocycles. The van der Waals surface area contributed by atoms with Crippen LogP contribution in [0, 0.1) is 5.82 Å². The Morgan fingerprint density at radius 3 is 2.70 bits per heavy atom. The number of ether oxygens (including phenoxy) is 2. The van der Waals surface area contributed by atoms with E-state index in [-0.39, 0.29) is 17.8 Å². The number of nitrogens with zero attached hydrogens (tertiary/aromatic N) is 5. The zero-order valence-electron chi connectivity index (χ0n) is 18.8. The summed E-state index contributed by atoms with van der Waals surface area (Å²) < 4.78 is 25.9. The zero-order valence-corrected chi connectivity index (χ0v) is 18.8. The Morgan fingerprint density at radius 1 is 1.24 bits per heavy atom. The lowest BCUT2D eigenvalue weighted by atomic mass is 10.1. The fourth-order valence-corrected chi connectivity index (χ4v) is 3.29. The van der Waals surface area contributed by atoms with Gasteiger partial charge in [0.05, 0.1) is 24.7 Å². The lowest BCUT2D eigenvalue weighted by molar-refractivity contribution is 0.0527. The highest BCUT2D eigenvalue weighted by molar-refractivity contribution is 5.98. The fraction of sp³-hybridized carbons (Fsp3) is 0.318. The number of anilines is 1. The molecule has 4 aromatic rings. The molecule has 0 unspecified atom stereocenters. The van der Waals surface area contributed by atoms with Crippen LogP contribution in [-0.2, 0) is 9.47 Å². The lowest BCUT2D eigenvalue weighted by Gasteiger charge is -2.25. The van der Waals surface area contributed by atoms with Crippen molar-refractivity contribution in [3.05, 3.63) is 42.1 Å². The first kappa shape index (κ1) is 22.2. The van der Waals surface area contributed by atoms with Crippen LogP contribution in [0.3, 0.4) is 0 Å². The minimum Gasteiger partial charge on any atom is -0.462 e. The molecule has 4 aromatic heterocycles. The highest BCUT2D eigenvalue weighted by Gasteiger charge is 2.26. The Labute approximate surface area is 188 Å². The maximum atomic E-state index is 13.9. The Bertz CT molecular complexity index is 1370. The van der Waals surface area contributed by atoms with Crippen molar-refractivity contribution in [3.8, 4) is 11.3 Å². The van der Waals surface area contributed by atoms with Crippen molar-refractivity contribution in [3.63, 3.8) is 0 Å². The second kappa shape index (κ2) is 8.15. The van der Waals surface area contributed by atoms with Gasteiger partial charge in [-0.15, -0.1) is 0 Å². The van der Waals surface area contributed by atoms with Crippen LogP contribution in [0.2, 0.25) is 0 Å². The van der Waals surface area contributed by atoms with E-state index in [1.54, 1.807) is 40.0 Å². The van der Waals surface area contributed by atoms with Gasteiger partial charge in [-0.1, -0.05) is 0 Å². The van der Waals surface area contributed by atoms with E-state index in [0.717, 1.165) is 6.20 Å². The van der Waals surface area contributed by atoms with Gasteiger partial charge in [0.25, 0.3) is 0 Å². The minimum atomic E-state index is -0.722. The number of aromatic amines is 1. The fourth-order valence-electron chi connectivity index (χ4n) is 3.29. The number of esters is 1. The first-order valence-electron chi connectivity index (χ1n) is 10.2. The number of nitrogens with one attached hydrogen (secondary N) is 1. The van der Waals surface area contributed by atoms with E-state index in [1.165, 1.54) is 28.7 Å². The topological polar surface area (TPSA) is 115 Å². The van der Waals surface area contributed by atoms with Crippen molar-refractivity contribution in [2.75, 3.05) is 18.6 Å². The van der Waals surface area contributed by atoms with E-state index < -0.39 is 23.5 Å². The first-order chi connectivity index (χ1) is 15.6. The van der Waals surface area contributed by atoms with E-state index in [0.29, 0.717) is 28.1 Å². The van der Waals surface area contributed by atoms with Gasteiger partial charge in [0.1, 0.15) is 28.4 Å². The third-order valence-electron chi connectivity index (χ3n) is 4.73. The Morgan fingerprint density at radius 2 is 2.00 bits per heavy atom. The van der Waals surface area contributed by atoms with Crippen LogP contribution in [0.4, 0.5) is 15.0 Å². The molecule has 172 valence electrons. The van der Waals surface area contributed by atoms with Gasteiger partial charge in [-0.25, -0.2) is 23.9 Å². The number of H-pyrrole nitrogens is 1. The van der Waals surface area contributed by atoms with Crippen LogP contribution in [0.1, 0.15) is 38.1 Å². The molecule has 0 fully saturated rings. The van der Waals surface area contributed by atoms with Crippen molar-refractivity contribution in [1.29, 1.82) is 0 Å². The molecule has 4 heterocycles. The van der Waals surface area contributed by atoms with Crippen molar-refractivity contribution in [2.24, 2.45) is 0 Å². The second-order valence-corrected chi connectivity index (χ2v) is 8.31. The van der Waals surface area contributed by atoms with Gasteiger partial charge in [0.2, 0.25) is 0 Å². The predicted octanol–water partition coefficient (Wildman–Crippen LogP) is 3.96. The number of hydrogen-bond acceptors (Lipinski definition) is 7. The van der Waals surface area contributed by atoms with Crippen LogP contribution < -0.4 is 4.90 Å². The number of aromatic nitrogens is 5. The normalized spacial score (nSPS) is 11.7. The van der Waals surface area contributed by atoms with E-state index in [9.17, 15) is 14.0 Å². The smallest absolute Gasteiger partial charge is 0.415 e. The summed E-state index contributed by atoms with van der Waals surface area (Å²) in [5, 5.41) is 4.74. The van der Waals surface area contributed by atoms with Crippen molar-refractivity contribution in [1.82, 2.24) is 24.6 Å². The van der Waals surface area contributed by atoms with Gasteiger partial charge in [-0.3, -0.25) is 4.90 Å². The summed E-state index contributed by atoms with van der Waals surface area (Å²) in [7, 11) is 1.52. The zero-order chi connectivity index (χ0) is 23.9. The van der Waals surface area contributed by atoms with Crippen molar-refractivity contribution in [2.45, 2.75) is 33.3 Å². The van der Waals surface area contributed by atoms with Crippen LogP contribution in [0.25, 0.3) is 27.9 Å². The number of amides is 1. The average Bonchev–Trinajstić information content (AvgIpc) is 3.35. The maximum absolute atomic E-state index is 13.9. The molecule has 0 atom stereocenters. The molecular formula is C22H23FN6O4. The molecule has 0 spiro atoms. The molecule has 0 saturated carbocycles. The number of hydrogen-bond donors (Lipinski definition) is 1. The summed E-state index contributed by atoms with van der Waals surface area (Å²) >= 11 is 0. The minimum absolute atomic E-state index is 0.127. The molecule has 0 aliphatic carbocycles. The molecule has 1 amide bonds. The van der Waals surface area contributed by atoms with Crippen molar-refractivity contribution < 1.29 is 23.5 Å². The Hall–Kier alpha value is -4.02. The molecule has 0 aliphatic rings. The highest BCUT2D eigenvalue weighted by Crippen LogP contribution is 2.31. The van der Waals surface area contributed by atoms with Gasteiger partial charge in [-0.2, -0.15) is 9.61 Å². The number of fused-ring (bicyclic) bond motifs is 2. The average molecular weight is 454 g/mol. The summed E-state index contributed by atoms with van der Waals surface area (Å²) in [6, 6.07) is 2.94. The largest absolute Gasteiger partial charge is 0.462 e. The first-order valence-corrected chi connectivity index (χ1v) is 10.2. The van der Waals surface area contributed by atoms with Gasteiger partial charge < -0.3 is 14.5 Å². The molecule has 1 N–H and O–H groups in total. The summed E-state index contributed by atoms with van der Waals surface area (Å²) in [6.07, 6.45) is 3.44. The van der Waals surface area contributed by atoms with E-state index >= 15 is 0 Å². The molecule has 10 nitrogen and oxygen atoms in total. The van der Waals surface area contributed by atoms with E-state index in [1.807, 2.05) is 0 Å². The van der Waals surface area contributed by atoms with E-state index in [2.05, 4.69) is 20.1 Å². The van der Waals surface area contributed by atoms with Crippen LogP contribution in [-0.4, -0.2) is 55.9 Å². The molecule has 4 rings (SSSR count). The second-order valence-electron chi connectivity index (χ2n) is 8.31. The third kappa shape index (κ3) is 4.21. The molecule has 0 bridgehead atoms. The SMILES string of the molecule is CCOC(=O)c1cnn2c(N(C)C(=O)OC(C)(C)C)cc(-c3c[nH]c4ncc(F)cc34)nc12. The molecular weight excluding hydrogens is 431 g/mol. The quantitative estimate of drug-likeness (QED) is 0.464.